The van der Waals surface area contributed by atoms with Crippen molar-refractivity contribution >= 4 is 15.9 Å². The van der Waals surface area contributed by atoms with Crippen LogP contribution >= 0.6 is 0 Å². The van der Waals surface area contributed by atoms with E-state index in [9.17, 15) is 13.2 Å². The number of benzene rings is 1. The smallest absolute Gasteiger partial charge is 0.251 e. The molecule has 6 nitrogen and oxygen atoms in total. The van der Waals surface area contributed by atoms with Crippen LogP contribution < -0.4 is 10.0 Å². The van der Waals surface area contributed by atoms with E-state index in [-0.39, 0.29) is 29.5 Å². The number of amides is 1. The summed E-state index contributed by atoms with van der Waals surface area (Å²) in [5.41, 5.74) is 0.487. The highest BCUT2D eigenvalue weighted by Gasteiger charge is 2.24. The van der Waals surface area contributed by atoms with E-state index in [1.54, 1.807) is 12.1 Å². The molecular formula is C19H28N2O4S. The summed E-state index contributed by atoms with van der Waals surface area (Å²) < 4.78 is 32.7. The second-order valence-electron chi connectivity index (χ2n) is 7.35. The molecule has 3 rings (SSSR count). The zero-order valence-electron chi connectivity index (χ0n) is 15.2. The molecule has 0 unspecified atom stereocenters. The van der Waals surface area contributed by atoms with Crippen LogP contribution in [0.1, 0.15) is 55.8 Å². The van der Waals surface area contributed by atoms with Crippen LogP contribution in [-0.2, 0) is 14.8 Å². The van der Waals surface area contributed by atoms with E-state index in [0.29, 0.717) is 18.1 Å². The molecule has 2 N–H and O–H groups in total. The molecule has 26 heavy (non-hydrogen) atoms. The predicted molar refractivity (Wildman–Crippen MR) is 99.5 cm³/mol. The highest BCUT2D eigenvalue weighted by atomic mass is 32.2. The van der Waals surface area contributed by atoms with Crippen LogP contribution in [0.5, 0.6) is 0 Å². The molecular weight excluding hydrogens is 352 g/mol. The maximum atomic E-state index is 12.4. The zero-order valence-corrected chi connectivity index (χ0v) is 16.1. The van der Waals surface area contributed by atoms with Crippen LogP contribution in [0.4, 0.5) is 0 Å². The lowest BCUT2D eigenvalue weighted by Crippen LogP contribution is -2.41. The molecule has 0 aromatic heterocycles. The van der Waals surface area contributed by atoms with E-state index in [1.165, 1.54) is 18.6 Å². The van der Waals surface area contributed by atoms with Crippen molar-refractivity contribution in [2.75, 3.05) is 13.2 Å². The van der Waals surface area contributed by atoms with Crippen LogP contribution in [0.15, 0.2) is 29.2 Å². The summed E-state index contributed by atoms with van der Waals surface area (Å²) in [5.74, 6) is 0.342. The number of sulfonamides is 1. The number of hydrogen-bond donors (Lipinski definition) is 2. The summed E-state index contributed by atoms with van der Waals surface area (Å²) in [4.78, 5) is 12.6. The summed E-state index contributed by atoms with van der Waals surface area (Å²) in [6, 6.07) is 6.31. The van der Waals surface area contributed by atoms with Crippen LogP contribution in [-0.4, -0.2) is 39.6 Å². The minimum absolute atomic E-state index is 0.0488. The monoisotopic (exact) mass is 380 g/mol. The van der Waals surface area contributed by atoms with Crippen LogP contribution in [0, 0.1) is 5.92 Å². The maximum Gasteiger partial charge on any atom is 0.251 e. The topological polar surface area (TPSA) is 84.5 Å². The van der Waals surface area contributed by atoms with E-state index in [4.69, 9.17) is 4.74 Å². The first-order valence-electron chi connectivity index (χ1n) is 9.48. The second kappa shape index (κ2) is 8.50. The first-order chi connectivity index (χ1) is 12.5. The number of nitrogens with one attached hydrogen (secondary N) is 2. The molecule has 1 saturated carbocycles. The Balaban J connectivity index is 1.58. The van der Waals surface area contributed by atoms with Gasteiger partial charge in [0.25, 0.3) is 5.91 Å². The molecule has 1 saturated heterocycles. The third-order valence-corrected chi connectivity index (χ3v) is 6.82. The Labute approximate surface area is 155 Å². The minimum atomic E-state index is -3.59. The Kier molecular flexibility index (Phi) is 6.32. The van der Waals surface area contributed by atoms with E-state index in [0.717, 1.165) is 32.1 Å². The summed E-state index contributed by atoms with van der Waals surface area (Å²) >= 11 is 0. The highest BCUT2D eigenvalue weighted by Crippen LogP contribution is 2.24. The molecule has 7 heteroatoms. The van der Waals surface area contributed by atoms with Crippen molar-refractivity contribution in [3.05, 3.63) is 29.8 Å². The third-order valence-electron chi connectivity index (χ3n) is 5.38. The van der Waals surface area contributed by atoms with Gasteiger partial charge in [-0.1, -0.05) is 19.8 Å². The van der Waals surface area contributed by atoms with Gasteiger partial charge in [0, 0.05) is 24.8 Å². The minimum Gasteiger partial charge on any atom is -0.377 e. The Morgan fingerprint density at radius 2 is 1.85 bits per heavy atom. The molecule has 1 amide bonds. The van der Waals surface area contributed by atoms with E-state index >= 15 is 0 Å². The van der Waals surface area contributed by atoms with Gasteiger partial charge < -0.3 is 10.1 Å². The highest BCUT2D eigenvalue weighted by molar-refractivity contribution is 7.89. The number of carbonyl (C=O) groups excluding carboxylic acids is 1. The lowest BCUT2D eigenvalue weighted by molar-refractivity contribution is 0.0910. The van der Waals surface area contributed by atoms with Crippen molar-refractivity contribution in [1.29, 1.82) is 0 Å². The molecule has 1 aliphatic heterocycles. The summed E-state index contributed by atoms with van der Waals surface area (Å²) in [6.45, 7) is 3.14. The number of carbonyl (C=O) groups is 1. The zero-order chi connectivity index (χ0) is 18.6. The van der Waals surface area contributed by atoms with Gasteiger partial charge in [0.1, 0.15) is 0 Å². The third kappa shape index (κ3) is 4.84. The standard InChI is InChI=1S/C19H28N2O4S/c1-14-5-2-3-7-18(14)21-19(22)15-8-10-17(11-9-15)26(23,24)20-13-16-6-4-12-25-16/h8-11,14,16,18,20H,2-7,12-13H2,1H3,(H,21,22)/t14-,16+,18+/m1/s1. The van der Waals surface area contributed by atoms with Crippen molar-refractivity contribution < 1.29 is 17.9 Å². The number of ether oxygens (including phenoxy) is 1. The molecule has 3 atom stereocenters. The lowest BCUT2D eigenvalue weighted by Gasteiger charge is -2.29. The van der Waals surface area contributed by atoms with E-state index in [1.807, 2.05) is 0 Å². The normalized spacial score (nSPS) is 26.6. The van der Waals surface area contributed by atoms with E-state index in [2.05, 4.69) is 17.0 Å². The van der Waals surface area contributed by atoms with Gasteiger partial charge >= 0.3 is 0 Å². The van der Waals surface area contributed by atoms with Crippen molar-refractivity contribution in [2.45, 2.75) is 62.5 Å². The quantitative estimate of drug-likeness (QED) is 0.794. The van der Waals surface area contributed by atoms with Gasteiger partial charge in [0.05, 0.1) is 11.0 Å². The molecule has 2 fully saturated rings. The summed E-state index contributed by atoms with van der Waals surface area (Å²) in [5, 5.41) is 3.08. The van der Waals surface area contributed by atoms with Crippen LogP contribution in [0.2, 0.25) is 0 Å². The fourth-order valence-corrected chi connectivity index (χ4v) is 4.73. The van der Waals surface area contributed by atoms with Gasteiger partial charge in [-0.15, -0.1) is 0 Å². The number of rotatable bonds is 6. The average molecular weight is 381 g/mol. The second-order valence-corrected chi connectivity index (χ2v) is 9.12. The van der Waals surface area contributed by atoms with Gasteiger partial charge in [-0.2, -0.15) is 0 Å². The number of hydrogen-bond acceptors (Lipinski definition) is 4. The largest absolute Gasteiger partial charge is 0.377 e. The van der Waals surface area contributed by atoms with E-state index < -0.39 is 10.0 Å². The molecule has 0 spiro atoms. The fraction of sp³-hybridized carbons (Fsp3) is 0.632. The summed E-state index contributed by atoms with van der Waals surface area (Å²) in [6.07, 6.45) is 6.30. The maximum absolute atomic E-state index is 12.4. The van der Waals surface area contributed by atoms with Crippen LogP contribution in [0.25, 0.3) is 0 Å². The van der Waals surface area contributed by atoms with Gasteiger partial charge in [-0.05, 0) is 55.9 Å². The fourth-order valence-electron chi connectivity index (χ4n) is 3.66. The van der Waals surface area contributed by atoms with Gasteiger partial charge in [0.2, 0.25) is 10.0 Å². The first-order valence-corrected chi connectivity index (χ1v) is 11.0. The average Bonchev–Trinajstić information content (AvgIpc) is 3.16. The molecule has 2 aliphatic rings. The Morgan fingerprint density at radius 3 is 2.50 bits per heavy atom. The van der Waals surface area contributed by atoms with Gasteiger partial charge in [-0.3, -0.25) is 4.79 Å². The first kappa shape index (κ1) is 19.3. The Hall–Kier alpha value is -1.44. The molecule has 1 aromatic rings. The van der Waals surface area contributed by atoms with Gasteiger partial charge in [-0.25, -0.2) is 13.1 Å². The van der Waals surface area contributed by atoms with Crippen molar-refractivity contribution in [2.24, 2.45) is 5.92 Å². The summed E-state index contributed by atoms with van der Waals surface area (Å²) in [7, 11) is -3.59. The van der Waals surface area contributed by atoms with Crippen molar-refractivity contribution in [3.63, 3.8) is 0 Å². The van der Waals surface area contributed by atoms with Gasteiger partial charge in [0.15, 0.2) is 0 Å². The molecule has 0 radical (unpaired) electrons. The molecule has 1 aliphatic carbocycles. The van der Waals surface area contributed by atoms with Crippen LogP contribution in [0.3, 0.4) is 0 Å². The Bertz CT molecular complexity index is 712. The van der Waals surface area contributed by atoms with Crippen molar-refractivity contribution in [1.82, 2.24) is 10.0 Å². The molecule has 0 bridgehead atoms. The lowest BCUT2D eigenvalue weighted by atomic mass is 9.86. The predicted octanol–water partition coefficient (Wildman–Crippen LogP) is 2.45. The SMILES string of the molecule is C[C@@H]1CCCC[C@@H]1NC(=O)c1ccc(S(=O)(=O)NC[C@@H]2CCCO2)cc1. The molecule has 144 valence electrons. The molecule has 1 aromatic carbocycles. The van der Waals surface area contributed by atoms with Crippen molar-refractivity contribution in [3.8, 4) is 0 Å². The molecule has 1 heterocycles. The Morgan fingerprint density at radius 1 is 1.12 bits per heavy atom.